The van der Waals surface area contributed by atoms with E-state index in [9.17, 15) is 4.21 Å². The predicted molar refractivity (Wildman–Crippen MR) is 63.6 cm³/mol. The number of nitrogens with one attached hydrogen (secondary N) is 1. The number of nitriles is 1. The van der Waals surface area contributed by atoms with Crippen LogP contribution in [-0.2, 0) is 10.8 Å². The van der Waals surface area contributed by atoms with Crippen molar-refractivity contribution in [1.82, 2.24) is 0 Å². The molecule has 1 aromatic carbocycles. The monoisotopic (exact) mass is 242 g/mol. The standard InChI is InChI=1S/C10H11ClN2OS/c1-15(14)5-4-13-10-3-2-9(11)6-8(10)7-12/h2-3,6,13H,4-5H2,1H3. The Morgan fingerprint density at radius 2 is 2.33 bits per heavy atom. The molecule has 0 amide bonds. The van der Waals surface area contributed by atoms with Gasteiger partial charge in [0.2, 0.25) is 0 Å². The Labute approximate surface area is 96.5 Å². The number of nitrogens with zero attached hydrogens (tertiary/aromatic N) is 1. The number of hydrogen-bond donors (Lipinski definition) is 1. The van der Waals surface area contributed by atoms with Crippen LogP contribution in [0.3, 0.4) is 0 Å². The summed E-state index contributed by atoms with van der Waals surface area (Å²) in [6.45, 7) is 0.583. The van der Waals surface area contributed by atoms with Crippen molar-refractivity contribution in [3.05, 3.63) is 28.8 Å². The zero-order valence-corrected chi connectivity index (χ0v) is 9.86. The van der Waals surface area contributed by atoms with Gasteiger partial charge < -0.3 is 5.32 Å². The van der Waals surface area contributed by atoms with Crippen molar-refractivity contribution in [3.63, 3.8) is 0 Å². The van der Waals surface area contributed by atoms with Gasteiger partial charge >= 0.3 is 0 Å². The first kappa shape index (κ1) is 12.0. The molecule has 0 aliphatic rings. The van der Waals surface area contributed by atoms with Gasteiger partial charge in [0.1, 0.15) is 6.07 Å². The normalized spacial score (nSPS) is 11.8. The molecule has 1 rings (SSSR count). The highest BCUT2D eigenvalue weighted by Gasteiger charge is 2.02. The van der Waals surface area contributed by atoms with Crippen molar-refractivity contribution in [2.24, 2.45) is 0 Å². The molecule has 80 valence electrons. The lowest BCUT2D eigenvalue weighted by molar-refractivity contribution is 0.687. The van der Waals surface area contributed by atoms with E-state index < -0.39 is 10.8 Å². The summed E-state index contributed by atoms with van der Waals surface area (Å²) in [4.78, 5) is 0. The van der Waals surface area contributed by atoms with Gasteiger partial charge in [0.05, 0.1) is 11.3 Å². The van der Waals surface area contributed by atoms with E-state index in [1.807, 2.05) is 0 Å². The van der Waals surface area contributed by atoms with Gasteiger partial charge in [-0.25, -0.2) is 0 Å². The number of halogens is 1. The summed E-state index contributed by atoms with van der Waals surface area (Å²) in [6.07, 6.45) is 1.65. The lowest BCUT2D eigenvalue weighted by Gasteiger charge is -2.07. The molecule has 0 saturated carbocycles. The molecule has 1 atom stereocenters. The van der Waals surface area contributed by atoms with E-state index in [-0.39, 0.29) is 0 Å². The third kappa shape index (κ3) is 3.90. The zero-order chi connectivity index (χ0) is 11.3. The summed E-state index contributed by atoms with van der Waals surface area (Å²) in [5, 5.41) is 12.4. The molecule has 0 bridgehead atoms. The molecule has 0 aliphatic carbocycles. The average Bonchev–Trinajstić information content (AvgIpc) is 2.19. The molecule has 1 N–H and O–H groups in total. The van der Waals surface area contributed by atoms with Crippen LogP contribution in [0.1, 0.15) is 5.56 Å². The van der Waals surface area contributed by atoms with Crippen molar-refractivity contribution >= 4 is 28.1 Å². The van der Waals surface area contributed by atoms with E-state index in [0.717, 1.165) is 5.69 Å². The molecule has 0 aliphatic heterocycles. The fourth-order valence-electron chi connectivity index (χ4n) is 1.09. The van der Waals surface area contributed by atoms with Crippen LogP contribution in [0.25, 0.3) is 0 Å². The number of hydrogen-bond acceptors (Lipinski definition) is 3. The zero-order valence-electron chi connectivity index (χ0n) is 8.29. The smallest absolute Gasteiger partial charge is 0.101 e. The van der Waals surface area contributed by atoms with Crippen LogP contribution in [0.4, 0.5) is 5.69 Å². The molecule has 5 heteroatoms. The van der Waals surface area contributed by atoms with E-state index >= 15 is 0 Å². The lowest BCUT2D eigenvalue weighted by atomic mass is 10.2. The van der Waals surface area contributed by atoms with Crippen LogP contribution < -0.4 is 5.32 Å². The van der Waals surface area contributed by atoms with Gasteiger partial charge in [0, 0.05) is 34.4 Å². The highest BCUT2D eigenvalue weighted by Crippen LogP contribution is 2.19. The number of anilines is 1. The second kappa shape index (κ2) is 5.74. The summed E-state index contributed by atoms with van der Waals surface area (Å²) >= 11 is 5.75. The van der Waals surface area contributed by atoms with Crippen molar-refractivity contribution in [3.8, 4) is 6.07 Å². The van der Waals surface area contributed by atoms with E-state index in [2.05, 4.69) is 11.4 Å². The molecule has 0 saturated heterocycles. The van der Waals surface area contributed by atoms with E-state index in [1.165, 1.54) is 0 Å². The fourth-order valence-corrected chi connectivity index (χ4v) is 1.65. The van der Waals surface area contributed by atoms with Crippen LogP contribution in [-0.4, -0.2) is 22.8 Å². The van der Waals surface area contributed by atoms with Crippen LogP contribution in [0, 0.1) is 11.3 Å². The van der Waals surface area contributed by atoms with Crippen molar-refractivity contribution in [1.29, 1.82) is 5.26 Å². The minimum Gasteiger partial charge on any atom is -0.383 e. The van der Waals surface area contributed by atoms with Gasteiger partial charge in [-0.05, 0) is 18.2 Å². The molecular weight excluding hydrogens is 232 g/mol. The van der Waals surface area contributed by atoms with Gasteiger partial charge in [-0.2, -0.15) is 5.26 Å². The van der Waals surface area contributed by atoms with Crippen LogP contribution in [0.5, 0.6) is 0 Å². The highest BCUT2D eigenvalue weighted by molar-refractivity contribution is 7.84. The lowest BCUT2D eigenvalue weighted by Crippen LogP contribution is -2.10. The van der Waals surface area contributed by atoms with Gasteiger partial charge in [-0.15, -0.1) is 0 Å². The fraction of sp³-hybridized carbons (Fsp3) is 0.300. The highest BCUT2D eigenvalue weighted by atomic mass is 35.5. The average molecular weight is 243 g/mol. The molecule has 3 nitrogen and oxygen atoms in total. The van der Waals surface area contributed by atoms with E-state index in [0.29, 0.717) is 22.9 Å². The predicted octanol–water partition coefficient (Wildman–Crippen LogP) is 2.00. The van der Waals surface area contributed by atoms with Crippen molar-refractivity contribution < 1.29 is 4.21 Å². The summed E-state index contributed by atoms with van der Waals surface area (Å²) in [6, 6.07) is 7.12. The minimum atomic E-state index is -0.824. The molecule has 0 spiro atoms. The Hall–Kier alpha value is -1.05. The quantitative estimate of drug-likeness (QED) is 0.879. The van der Waals surface area contributed by atoms with Gasteiger partial charge in [-0.1, -0.05) is 11.6 Å². The molecular formula is C10H11ClN2OS. The van der Waals surface area contributed by atoms with Crippen LogP contribution >= 0.6 is 11.6 Å². The molecule has 1 unspecified atom stereocenters. The van der Waals surface area contributed by atoms with Gasteiger partial charge in [-0.3, -0.25) is 4.21 Å². The van der Waals surface area contributed by atoms with E-state index in [1.54, 1.807) is 24.5 Å². The Balaban J connectivity index is 2.69. The SMILES string of the molecule is CS(=O)CCNc1ccc(Cl)cc1C#N. The first-order valence-corrected chi connectivity index (χ1v) is 6.47. The molecule has 0 radical (unpaired) electrons. The molecule has 0 aromatic heterocycles. The minimum absolute atomic E-state index is 0.504. The number of rotatable bonds is 4. The largest absolute Gasteiger partial charge is 0.383 e. The maximum Gasteiger partial charge on any atom is 0.101 e. The Morgan fingerprint density at radius 1 is 1.60 bits per heavy atom. The van der Waals surface area contributed by atoms with Crippen LogP contribution in [0.2, 0.25) is 5.02 Å². The third-order valence-corrected chi connectivity index (χ3v) is 2.82. The summed E-state index contributed by atoms with van der Waals surface area (Å²) < 4.78 is 10.8. The first-order valence-electron chi connectivity index (χ1n) is 4.37. The second-order valence-electron chi connectivity index (χ2n) is 3.01. The van der Waals surface area contributed by atoms with Gasteiger partial charge in [0.25, 0.3) is 0 Å². The summed E-state index contributed by atoms with van der Waals surface area (Å²) in [7, 11) is -0.824. The molecule has 0 heterocycles. The van der Waals surface area contributed by atoms with Crippen LogP contribution in [0.15, 0.2) is 18.2 Å². The Kier molecular flexibility index (Phi) is 4.60. The Morgan fingerprint density at radius 3 is 2.93 bits per heavy atom. The third-order valence-electron chi connectivity index (χ3n) is 1.81. The second-order valence-corrected chi connectivity index (χ2v) is 5.00. The topological polar surface area (TPSA) is 52.9 Å². The molecule has 1 aromatic rings. The Bertz CT molecular complexity index is 414. The summed E-state index contributed by atoms with van der Waals surface area (Å²) in [5.74, 6) is 0.563. The van der Waals surface area contributed by atoms with Crippen molar-refractivity contribution in [2.75, 3.05) is 23.9 Å². The van der Waals surface area contributed by atoms with Gasteiger partial charge in [0.15, 0.2) is 0 Å². The maximum atomic E-state index is 10.8. The summed E-state index contributed by atoms with van der Waals surface area (Å²) in [5.41, 5.74) is 1.23. The molecule has 0 fully saturated rings. The van der Waals surface area contributed by atoms with Crippen molar-refractivity contribution in [2.45, 2.75) is 0 Å². The maximum absolute atomic E-state index is 10.8. The first-order chi connectivity index (χ1) is 7.13. The number of benzene rings is 1. The van der Waals surface area contributed by atoms with E-state index in [4.69, 9.17) is 16.9 Å². The molecule has 15 heavy (non-hydrogen) atoms.